The third-order valence-corrected chi connectivity index (χ3v) is 10.8. The summed E-state index contributed by atoms with van der Waals surface area (Å²) in [5.74, 6) is 4.20. The van der Waals surface area contributed by atoms with Gasteiger partial charge in [-0.15, -0.1) is 0 Å². The van der Waals surface area contributed by atoms with Crippen molar-refractivity contribution in [3.05, 3.63) is 0 Å². The molecule has 4 rings (SSSR count). The van der Waals surface area contributed by atoms with Crippen molar-refractivity contribution < 1.29 is 0 Å². The van der Waals surface area contributed by atoms with E-state index >= 15 is 0 Å². The molecule has 0 bridgehead atoms. The van der Waals surface area contributed by atoms with E-state index in [0.717, 1.165) is 23.7 Å². The molecular weight excluding hydrogens is 324 g/mol. The van der Waals surface area contributed by atoms with Gasteiger partial charge < -0.3 is 0 Å². The molecule has 7 atom stereocenters. The van der Waals surface area contributed by atoms with Gasteiger partial charge in [-0.3, -0.25) is 0 Å². The summed E-state index contributed by atoms with van der Waals surface area (Å²) >= 11 is 0. The van der Waals surface area contributed by atoms with Gasteiger partial charge >= 0.3 is 0 Å². The van der Waals surface area contributed by atoms with Crippen LogP contribution in [0, 0.1) is 39.9 Å². The van der Waals surface area contributed by atoms with Gasteiger partial charge in [-0.1, -0.05) is 80.1 Å². The molecule has 27 heavy (non-hydrogen) atoms. The van der Waals surface area contributed by atoms with Crippen LogP contribution in [-0.4, -0.2) is 0 Å². The van der Waals surface area contributed by atoms with Gasteiger partial charge in [-0.25, -0.2) is 0 Å². The molecule has 158 valence electrons. The second-order valence-corrected chi connectivity index (χ2v) is 11.5. The molecule has 4 saturated carbocycles. The molecule has 0 N–H and O–H groups in total. The van der Waals surface area contributed by atoms with Crippen molar-refractivity contribution in [2.45, 2.75) is 131 Å². The number of hydrogen-bond acceptors (Lipinski definition) is 0. The summed E-state index contributed by atoms with van der Waals surface area (Å²) in [4.78, 5) is 0. The van der Waals surface area contributed by atoms with E-state index in [4.69, 9.17) is 0 Å². The zero-order chi connectivity index (χ0) is 18.4. The highest BCUT2D eigenvalue weighted by Gasteiger charge is 2.68. The van der Waals surface area contributed by atoms with Gasteiger partial charge in [0.1, 0.15) is 0 Å². The summed E-state index contributed by atoms with van der Waals surface area (Å²) in [5.41, 5.74) is 2.07. The highest BCUT2D eigenvalue weighted by molar-refractivity contribution is 5.17. The van der Waals surface area contributed by atoms with Crippen LogP contribution in [0.2, 0.25) is 0 Å². The van der Waals surface area contributed by atoms with Gasteiger partial charge in [0.2, 0.25) is 0 Å². The lowest BCUT2D eigenvalue weighted by Gasteiger charge is -2.60. The summed E-state index contributed by atoms with van der Waals surface area (Å²) in [6.45, 7) is 10.4. The Kier molecular flexibility index (Phi) is 6.45. The molecular formula is C27H50. The molecule has 0 aromatic carbocycles. The molecule has 4 fully saturated rings. The highest BCUT2D eigenvalue weighted by Crippen LogP contribution is 2.76. The summed E-state index contributed by atoms with van der Waals surface area (Å²) in [6, 6.07) is 0. The maximum absolute atomic E-state index is 2.79. The molecule has 1 spiro atoms. The molecule has 0 radical (unpaired) electrons. The van der Waals surface area contributed by atoms with E-state index in [0.29, 0.717) is 16.2 Å². The van der Waals surface area contributed by atoms with Crippen LogP contribution in [-0.2, 0) is 0 Å². The molecule has 0 heteroatoms. The van der Waals surface area contributed by atoms with Gasteiger partial charge in [0.25, 0.3) is 0 Å². The fourth-order valence-corrected chi connectivity index (χ4v) is 9.61. The van der Waals surface area contributed by atoms with Crippen molar-refractivity contribution in [2.24, 2.45) is 39.9 Å². The molecule has 0 aromatic rings. The minimum Gasteiger partial charge on any atom is -0.0776 e. The predicted octanol–water partition coefficient (Wildman–Crippen LogP) is 9.03. The van der Waals surface area contributed by atoms with E-state index < -0.39 is 0 Å². The van der Waals surface area contributed by atoms with Gasteiger partial charge in [0, 0.05) is 0 Å². The van der Waals surface area contributed by atoms with E-state index in [1.165, 1.54) is 51.4 Å². The number of hydrogen-bond donors (Lipinski definition) is 0. The Morgan fingerprint density at radius 1 is 0.852 bits per heavy atom. The Bertz CT molecular complexity index is 494. The van der Waals surface area contributed by atoms with Gasteiger partial charge in [0.15, 0.2) is 0 Å². The SMILES string of the molecule is C.CCCCCC1CCC2C1(C)CCCC21C[C@H](CC)C2CCCCC21C. The van der Waals surface area contributed by atoms with Gasteiger partial charge in [0.05, 0.1) is 0 Å². The normalized spacial score (nSPS) is 48.9. The molecule has 6 unspecified atom stereocenters. The molecule has 0 aromatic heterocycles. The van der Waals surface area contributed by atoms with Crippen molar-refractivity contribution in [2.75, 3.05) is 0 Å². The topological polar surface area (TPSA) is 0 Å². The Morgan fingerprint density at radius 3 is 2.41 bits per heavy atom. The summed E-state index contributed by atoms with van der Waals surface area (Å²) in [5, 5.41) is 0. The molecule has 4 aliphatic rings. The number of rotatable bonds is 5. The van der Waals surface area contributed by atoms with E-state index in [2.05, 4.69) is 27.7 Å². The minimum absolute atomic E-state index is 0. The largest absolute Gasteiger partial charge is 0.0776 e. The van der Waals surface area contributed by atoms with E-state index in [9.17, 15) is 0 Å². The summed E-state index contributed by atoms with van der Waals surface area (Å²) in [6.07, 6.45) is 22.9. The van der Waals surface area contributed by atoms with Crippen molar-refractivity contribution in [3.8, 4) is 0 Å². The third kappa shape index (κ3) is 3.06. The first kappa shape index (κ1) is 21.7. The third-order valence-electron chi connectivity index (χ3n) is 10.8. The average Bonchev–Trinajstić information content (AvgIpc) is 3.09. The van der Waals surface area contributed by atoms with Gasteiger partial charge in [-0.2, -0.15) is 0 Å². The molecule has 0 amide bonds. The van der Waals surface area contributed by atoms with Crippen LogP contribution in [0.25, 0.3) is 0 Å². The fourth-order valence-electron chi connectivity index (χ4n) is 9.61. The summed E-state index contributed by atoms with van der Waals surface area (Å²) < 4.78 is 0. The quantitative estimate of drug-likeness (QED) is 0.421. The second kappa shape index (κ2) is 8.02. The van der Waals surface area contributed by atoms with Crippen LogP contribution in [0.1, 0.15) is 131 Å². The standard InChI is InChI=1S/C26H46.CH4/c1-5-7-8-12-21-14-15-23-24(21,3)16-11-18-26(23)19-20(6-2)22-13-9-10-17-25(22,26)4;/h20-23H,5-19H2,1-4H3;1H4/t20-,21?,22?,23?,24?,25?,26?;/m0./s1. The number of fused-ring (bicyclic) bond motifs is 4. The van der Waals surface area contributed by atoms with Crippen LogP contribution in [0.4, 0.5) is 0 Å². The van der Waals surface area contributed by atoms with Crippen LogP contribution in [0.5, 0.6) is 0 Å². The van der Waals surface area contributed by atoms with Crippen molar-refractivity contribution in [1.29, 1.82) is 0 Å². The first-order chi connectivity index (χ1) is 12.5. The Labute approximate surface area is 171 Å². The minimum atomic E-state index is 0. The molecule has 0 nitrogen and oxygen atoms in total. The van der Waals surface area contributed by atoms with Crippen molar-refractivity contribution in [3.63, 3.8) is 0 Å². The lowest BCUT2D eigenvalue weighted by atomic mass is 9.45. The summed E-state index contributed by atoms with van der Waals surface area (Å²) in [7, 11) is 0. The van der Waals surface area contributed by atoms with E-state index in [1.807, 2.05) is 0 Å². The second-order valence-electron chi connectivity index (χ2n) is 11.5. The first-order valence-electron chi connectivity index (χ1n) is 12.5. The van der Waals surface area contributed by atoms with E-state index in [1.54, 1.807) is 44.9 Å². The van der Waals surface area contributed by atoms with Crippen LogP contribution in [0.3, 0.4) is 0 Å². The Hall–Kier alpha value is 0. The first-order valence-corrected chi connectivity index (χ1v) is 12.5. The molecule has 0 heterocycles. The predicted molar refractivity (Wildman–Crippen MR) is 120 cm³/mol. The van der Waals surface area contributed by atoms with Crippen molar-refractivity contribution in [1.82, 2.24) is 0 Å². The van der Waals surface area contributed by atoms with Crippen LogP contribution in [0.15, 0.2) is 0 Å². The Morgan fingerprint density at radius 2 is 1.67 bits per heavy atom. The van der Waals surface area contributed by atoms with Crippen LogP contribution >= 0.6 is 0 Å². The lowest BCUT2D eigenvalue weighted by molar-refractivity contribution is -0.110. The zero-order valence-electron chi connectivity index (χ0n) is 18.4. The number of unbranched alkanes of at least 4 members (excludes halogenated alkanes) is 2. The van der Waals surface area contributed by atoms with E-state index in [-0.39, 0.29) is 7.43 Å². The molecule has 0 saturated heterocycles. The van der Waals surface area contributed by atoms with Gasteiger partial charge in [-0.05, 0) is 91.3 Å². The van der Waals surface area contributed by atoms with Crippen molar-refractivity contribution >= 4 is 0 Å². The highest BCUT2D eigenvalue weighted by atomic mass is 14.7. The molecule has 4 aliphatic carbocycles. The maximum atomic E-state index is 2.79. The lowest BCUT2D eigenvalue weighted by Crippen LogP contribution is -2.52. The average molecular weight is 375 g/mol. The Balaban J connectivity index is 0.00000210. The monoisotopic (exact) mass is 374 g/mol. The fraction of sp³-hybridized carbons (Fsp3) is 1.00. The maximum Gasteiger partial charge on any atom is -0.0205 e. The zero-order valence-corrected chi connectivity index (χ0v) is 18.4. The van der Waals surface area contributed by atoms with Crippen LogP contribution < -0.4 is 0 Å². The smallest absolute Gasteiger partial charge is 0.0205 e. The molecule has 0 aliphatic heterocycles.